The van der Waals surface area contributed by atoms with Crippen molar-refractivity contribution in [2.45, 2.75) is 24.3 Å². The van der Waals surface area contributed by atoms with Crippen molar-refractivity contribution in [1.29, 1.82) is 0 Å². The highest BCUT2D eigenvalue weighted by atomic mass is 32.2. The molecule has 98 valence electrons. The average molecular weight is 266 g/mol. The number of pyridine rings is 1. The molecule has 1 aromatic heterocycles. The van der Waals surface area contributed by atoms with Gasteiger partial charge in [0.05, 0.1) is 11.9 Å². The minimum absolute atomic E-state index is 0.153. The SMILES string of the molecule is CC(O)C1CCN(C(=O)CSc2ccncc2)C1. The lowest BCUT2D eigenvalue weighted by molar-refractivity contribution is -0.127. The second-order valence-electron chi connectivity index (χ2n) is 4.60. The van der Waals surface area contributed by atoms with Crippen LogP contribution in [0.2, 0.25) is 0 Å². The lowest BCUT2D eigenvalue weighted by atomic mass is 10.0. The Kier molecular flexibility index (Phi) is 4.60. The molecule has 2 unspecified atom stereocenters. The Hall–Kier alpha value is -1.07. The molecule has 0 radical (unpaired) electrons. The van der Waals surface area contributed by atoms with Gasteiger partial charge in [0.2, 0.25) is 5.91 Å². The Bertz CT molecular complexity index is 397. The summed E-state index contributed by atoms with van der Waals surface area (Å²) in [5.74, 6) is 0.844. The standard InChI is InChI=1S/C13H18N2O2S/c1-10(16)11-4-7-15(8-11)13(17)9-18-12-2-5-14-6-3-12/h2-3,5-6,10-11,16H,4,7-9H2,1H3. The molecule has 1 aliphatic heterocycles. The van der Waals surface area contributed by atoms with E-state index in [1.165, 1.54) is 11.8 Å². The predicted molar refractivity (Wildman–Crippen MR) is 71.3 cm³/mol. The average Bonchev–Trinajstić information content (AvgIpc) is 2.87. The van der Waals surface area contributed by atoms with Gasteiger partial charge in [0.15, 0.2) is 0 Å². The summed E-state index contributed by atoms with van der Waals surface area (Å²) in [4.78, 5) is 18.9. The van der Waals surface area contributed by atoms with Gasteiger partial charge in [-0.05, 0) is 25.5 Å². The van der Waals surface area contributed by atoms with Crippen molar-refractivity contribution in [3.8, 4) is 0 Å². The van der Waals surface area contributed by atoms with Gasteiger partial charge in [-0.15, -0.1) is 11.8 Å². The summed E-state index contributed by atoms with van der Waals surface area (Å²) < 4.78 is 0. The van der Waals surface area contributed by atoms with E-state index in [1.807, 2.05) is 17.0 Å². The zero-order valence-electron chi connectivity index (χ0n) is 10.5. The first-order valence-electron chi connectivity index (χ1n) is 6.15. The number of rotatable bonds is 4. The van der Waals surface area contributed by atoms with Crippen molar-refractivity contribution in [3.63, 3.8) is 0 Å². The summed E-state index contributed by atoms with van der Waals surface area (Å²) in [5, 5.41) is 9.51. The molecule has 0 spiro atoms. The third-order valence-electron chi connectivity index (χ3n) is 3.27. The van der Waals surface area contributed by atoms with Crippen molar-refractivity contribution in [2.75, 3.05) is 18.8 Å². The van der Waals surface area contributed by atoms with Gasteiger partial charge >= 0.3 is 0 Å². The lowest BCUT2D eigenvalue weighted by Gasteiger charge is -2.17. The summed E-state index contributed by atoms with van der Waals surface area (Å²) in [6, 6.07) is 3.81. The second kappa shape index (κ2) is 6.20. The van der Waals surface area contributed by atoms with Gasteiger partial charge in [0.1, 0.15) is 0 Å². The second-order valence-corrected chi connectivity index (χ2v) is 5.65. The quantitative estimate of drug-likeness (QED) is 0.837. The van der Waals surface area contributed by atoms with Crippen molar-refractivity contribution in [1.82, 2.24) is 9.88 Å². The first-order chi connectivity index (χ1) is 8.66. The topological polar surface area (TPSA) is 53.4 Å². The third-order valence-corrected chi connectivity index (χ3v) is 4.27. The van der Waals surface area contributed by atoms with E-state index in [9.17, 15) is 9.90 Å². The molecule has 0 aliphatic carbocycles. The van der Waals surface area contributed by atoms with Crippen LogP contribution in [0, 0.1) is 5.92 Å². The Morgan fingerprint density at radius 3 is 2.94 bits per heavy atom. The van der Waals surface area contributed by atoms with E-state index < -0.39 is 0 Å². The van der Waals surface area contributed by atoms with Crippen molar-refractivity contribution >= 4 is 17.7 Å². The Labute approximate surface area is 111 Å². The fourth-order valence-electron chi connectivity index (χ4n) is 2.08. The Morgan fingerprint density at radius 1 is 1.61 bits per heavy atom. The molecule has 1 amide bonds. The van der Waals surface area contributed by atoms with Crippen LogP contribution in [0.1, 0.15) is 13.3 Å². The number of nitrogens with zero attached hydrogens (tertiary/aromatic N) is 2. The van der Waals surface area contributed by atoms with Crippen LogP contribution < -0.4 is 0 Å². The minimum atomic E-state index is -0.323. The summed E-state index contributed by atoms with van der Waals surface area (Å²) >= 11 is 1.53. The molecular formula is C13H18N2O2S. The Balaban J connectivity index is 1.79. The summed E-state index contributed by atoms with van der Waals surface area (Å²) in [7, 11) is 0. The first kappa shape index (κ1) is 13.4. The molecular weight excluding hydrogens is 248 g/mol. The number of carbonyl (C=O) groups excluding carboxylic acids is 1. The number of aliphatic hydroxyl groups is 1. The highest BCUT2D eigenvalue weighted by molar-refractivity contribution is 8.00. The van der Waals surface area contributed by atoms with E-state index >= 15 is 0 Å². The van der Waals surface area contributed by atoms with Gasteiger partial charge in [0.25, 0.3) is 0 Å². The molecule has 0 aromatic carbocycles. The van der Waals surface area contributed by atoms with Crippen LogP contribution in [0.25, 0.3) is 0 Å². The maximum absolute atomic E-state index is 12.0. The van der Waals surface area contributed by atoms with E-state index in [0.29, 0.717) is 12.3 Å². The van der Waals surface area contributed by atoms with Gasteiger partial charge in [-0.2, -0.15) is 0 Å². The predicted octanol–water partition coefficient (Wildman–Crippen LogP) is 1.40. The number of aromatic nitrogens is 1. The number of carbonyl (C=O) groups is 1. The highest BCUT2D eigenvalue weighted by Crippen LogP contribution is 2.22. The number of aliphatic hydroxyl groups excluding tert-OH is 1. The van der Waals surface area contributed by atoms with E-state index in [4.69, 9.17) is 0 Å². The minimum Gasteiger partial charge on any atom is -0.393 e. The molecule has 0 saturated carbocycles. The third kappa shape index (κ3) is 3.46. The number of thioether (sulfide) groups is 1. The molecule has 1 N–H and O–H groups in total. The number of likely N-dealkylation sites (tertiary alicyclic amines) is 1. The van der Waals surface area contributed by atoms with Crippen LogP contribution in [0.3, 0.4) is 0 Å². The normalized spacial score (nSPS) is 21.0. The molecule has 2 atom stereocenters. The van der Waals surface area contributed by atoms with Gasteiger partial charge in [-0.3, -0.25) is 9.78 Å². The molecule has 1 fully saturated rings. The molecule has 4 nitrogen and oxygen atoms in total. The van der Waals surface area contributed by atoms with Crippen molar-refractivity contribution in [3.05, 3.63) is 24.5 Å². The number of hydrogen-bond donors (Lipinski definition) is 1. The Morgan fingerprint density at radius 2 is 2.33 bits per heavy atom. The van der Waals surface area contributed by atoms with Crippen LogP contribution in [0.5, 0.6) is 0 Å². The fourth-order valence-corrected chi connectivity index (χ4v) is 2.87. The van der Waals surface area contributed by atoms with Gasteiger partial charge in [0, 0.05) is 36.3 Å². The van der Waals surface area contributed by atoms with Crippen LogP contribution in [0.15, 0.2) is 29.4 Å². The molecule has 2 heterocycles. The molecule has 0 bridgehead atoms. The molecule has 1 aliphatic rings. The van der Waals surface area contributed by atoms with Crippen LogP contribution >= 0.6 is 11.8 Å². The zero-order chi connectivity index (χ0) is 13.0. The number of amides is 1. The van der Waals surface area contributed by atoms with Crippen molar-refractivity contribution < 1.29 is 9.90 Å². The van der Waals surface area contributed by atoms with E-state index in [2.05, 4.69) is 4.98 Å². The van der Waals surface area contributed by atoms with E-state index in [-0.39, 0.29) is 17.9 Å². The van der Waals surface area contributed by atoms with E-state index in [1.54, 1.807) is 19.3 Å². The largest absolute Gasteiger partial charge is 0.393 e. The van der Waals surface area contributed by atoms with Gasteiger partial charge in [-0.1, -0.05) is 0 Å². The lowest BCUT2D eigenvalue weighted by Crippen LogP contribution is -2.31. The molecule has 1 saturated heterocycles. The highest BCUT2D eigenvalue weighted by Gasteiger charge is 2.28. The van der Waals surface area contributed by atoms with Crippen LogP contribution in [-0.4, -0.2) is 45.8 Å². The summed E-state index contributed by atoms with van der Waals surface area (Å²) in [5.41, 5.74) is 0. The number of hydrogen-bond acceptors (Lipinski definition) is 4. The molecule has 2 rings (SSSR count). The van der Waals surface area contributed by atoms with Crippen LogP contribution in [0.4, 0.5) is 0 Å². The fraction of sp³-hybridized carbons (Fsp3) is 0.538. The van der Waals surface area contributed by atoms with Crippen molar-refractivity contribution in [2.24, 2.45) is 5.92 Å². The maximum atomic E-state index is 12.0. The van der Waals surface area contributed by atoms with E-state index in [0.717, 1.165) is 17.9 Å². The molecule has 1 aromatic rings. The maximum Gasteiger partial charge on any atom is 0.232 e. The first-order valence-corrected chi connectivity index (χ1v) is 7.14. The van der Waals surface area contributed by atoms with Gasteiger partial charge < -0.3 is 10.0 Å². The summed E-state index contributed by atoms with van der Waals surface area (Å²) in [6.45, 7) is 3.25. The zero-order valence-corrected chi connectivity index (χ0v) is 11.3. The monoisotopic (exact) mass is 266 g/mol. The molecule has 5 heteroatoms. The smallest absolute Gasteiger partial charge is 0.232 e. The van der Waals surface area contributed by atoms with Crippen LogP contribution in [-0.2, 0) is 4.79 Å². The molecule has 18 heavy (non-hydrogen) atoms. The van der Waals surface area contributed by atoms with Gasteiger partial charge in [-0.25, -0.2) is 0 Å². The summed E-state index contributed by atoms with van der Waals surface area (Å²) in [6.07, 6.45) is 4.04.